The molecule has 0 bridgehead atoms. The summed E-state index contributed by atoms with van der Waals surface area (Å²) in [5.74, 6) is 0.170. The molecular weight excluding hydrogens is 627 g/mol. The summed E-state index contributed by atoms with van der Waals surface area (Å²) in [6.07, 6.45) is 6.10. The van der Waals surface area contributed by atoms with Crippen molar-refractivity contribution in [3.05, 3.63) is 75.8 Å². The first-order valence-electron chi connectivity index (χ1n) is 15.6. The predicted molar refractivity (Wildman–Crippen MR) is 172 cm³/mol. The number of aromatic nitrogens is 3. The number of fused-ring (bicyclic) bond motifs is 3. The molecule has 4 aromatic rings. The first-order valence-corrected chi connectivity index (χ1v) is 16.4. The third kappa shape index (κ3) is 4.84. The lowest BCUT2D eigenvalue weighted by Crippen LogP contribution is -2.64. The zero-order valence-electron chi connectivity index (χ0n) is 25.2. The number of nitriles is 1. The van der Waals surface area contributed by atoms with E-state index in [0.29, 0.717) is 58.1 Å². The molecule has 2 aromatic carbocycles. The molecule has 46 heavy (non-hydrogen) atoms. The van der Waals surface area contributed by atoms with E-state index in [-0.39, 0.29) is 17.0 Å². The van der Waals surface area contributed by atoms with Gasteiger partial charge in [0.2, 0.25) is 0 Å². The molecule has 2 aromatic heterocycles. The maximum absolute atomic E-state index is 11.9. The van der Waals surface area contributed by atoms with Gasteiger partial charge in [0.25, 0.3) is 5.79 Å². The maximum atomic E-state index is 11.9. The Kier molecular flexibility index (Phi) is 6.87. The normalized spacial score (nSPS) is 24.3. The second kappa shape index (κ2) is 10.8. The van der Waals surface area contributed by atoms with Gasteiger partial charge in [0, 0.05) is 56.7 Å². The third-order valence-corrected chi connectivity index (χ3v) is 10.7. The van der Waals surface area contributed by atoms with Crippen LogP contribution >= 0.6 is 23.2 Å². The molecule has 2 saturated carbocycles. The van der Waals surface area contributed by atoms with E-state index in [1.165, 1.54) is 6.07 Å². The predicted octanol–water partition coefficient (Wildman–Crippen LogP) is 6.63. The first-order chi connectivity index (χ1) is 22.2. The molecule has 0 unspecified atom stereocenters. The Balaban J connectivity index is 1.07. The highest BCUT2D eigenvalue weighted by Crippen LogP contribution is 2.52. The molecular formula is C34H32Cl2N6O4. The Labute approximate surface area is 276 Å². The fraction of sp³-hybridized carbons (Fsp3) is 0.412. The van der Waals surface area contributed by atoms with Crippen molar-refractivity contribution in [1.82, 2.24) is 19.4 Å². The summed E-state index contributed by atoms with van der Waals surface area (Å²) in [6.45, 7) is 4.70. The van der Waals surface area contributed by atoms with Crippen molar-refractivity contribution >= 4 is 45.9 Å². The first kappa shape index (κ1) is 29.4. The summed E-state index contributed by atoms with van der Waals surface area (Å²) >= 11 is 12.7. The molecule has 1 saturated heterocycles. The molecule has 8 rings (SSSR count). The summed E-state index contributed by atoms with van der Waals surface area (Å²) < 4.78 is 15.0. The smallest absolute Gasteiger partial charge is 0.335 e. The van der Waals surface area contributed by atoms with Crippen LogP contribution in [0.1, 0.15) is 60.9 Å². The van der Waals surface area contributed by atoms with Crippen molar-refractivity contribution in [2.24, 2.45) is 5.41 Å². The number of rotatable bonds is 8. The average molecular weight is 660 g/mol. The lowest BCUT2D eigenvalue weighted by Gasteiger charge is -2.54. The zero-order chi connectivity index (χ0) is 31.8. The number of pyridine rings is 1. The quantitative estimate of drug-likeness (QED) is 0.223. The number of anilines is 1. The number of hydrogen-bond acceptors (Lipinski definition) is 8. The maximum Gasteiger partial charge on any atom is 0.335 e. The SMILES string of the molecule is C[C@]1(c2ccc(Cl)cn2)Oc2cccc(N3CCN(Cc4nc5c(Cl)cc(C(=O)O)cc5n4CC4(CC#N)CC4)[C@@H]4CC[C@@H]43)c2O1. The van der Waals surface area contributed by atoms with Crippen LogP contribution in [0.25, 0.3) is 11.0 Å². The molecule has 3 fully saturated rings. The minimum Gasteiger partial charge on any atom is -0.478 e. The van der Waals surface area contributed by atoms with Gasteiger partial charge in [-0.1, -0.05) is 29.3 Å². The Morgan fingerprint density at radius 1 is 1.13 bits per heavy atom. The highest BCUT2D eigenvalue weighted by molar-refractivity contribution is 6.35. The van der Waals surface area contributed by atoms with Crippen LogP contribution in [0.4, 0.5) is 5.69 Å². The summed E-state index contributed by atoms with van der Waals surface area (Å²) in [6, 6.07) is 15.7. The number of carboxylic acid groups (broad SMARTS) is 1. The fourth-order valence-electron chi connectivity index (χ4n) is 7.31. The number of carboxylic acids is 1. The molecule has 0 amide bonds. The summed E-state index contributed by atoms with van der Waals surface area (Å²) in [5.41, 5.74) is 3.00. The number of imidazole rings is 1. The van der Waals surface area contributed by atoms with Gasteiger partial charge in [-0.25, -0.2) is 9.78 Å². The number of carbonyl (C=O) groups is 1. The Morgan fingerprint density at radius 2 is 1.96 bits per heavy atom. The van der Waals surface area contributed by atoms with E-state index in [9.17, 15) is 15.2 Å². The standard InChI is InChI=1S/C34H32Cl2N6O4/c1-33(28-8-5-21(35)17-38-28)45-27-4-2-3-25(31(27)46-33)41-14-13-40(23-6-7-24(23)41)18-29-39-30-22(36)15-20(32(43)44)16-26(30)42(29)19-34(9-10-34)11-12-37/h2-5,8,15-17,23-24H,6-7,9-11,13-14,18-19H2,1H3,(H,43,44)/t23-,24+,33+/m1/s1. The minimum atomic E-state index is -1.06. The number of halogens is 2. The molecule has 2 aliphatic carbocycles. The lowest BCUT2D eigenvalue weighted by atomic mass is 9.81. The Morgan fingerprint density at radius 3 is 2.65 bits per heavy atom. The van der Waals surface area contributed by atoms with Crippen molar-refractivity contribution in [2.45, 2.75) is 70.0 Å². The summed E-state index contributed by atoms with van der Waals surface area (Å²) in [7, 11) is 0. The van der Waals surface area contributed by atoms with Crippen LogP contribution in [0.3, 0.4) is 0 Å². The van der Waals surface area contributed by atoms with Crippen molar-refractivity contribution in [2.75, 3.05) is 18.0 Å². The van der Waals surface area contributed by atoms with Gasteiger partial charge < -0.3 is 24.0 Å². The molecule has 0 radical (unpaired) electrons. The zero-order valence-corrected chi connectivity index (χ0v) is 26.8. The molecule has 1 N–H and O–H groups in total. The largest absolute Gasteiger partial charge is 0.478 e. The molecule has 12 heteroatoms. The van der Waals surface area contributed by atoms with Gasteiger partial charge in [0.05, 0.1) is 39.4 Å². The Bertz CT molecular complexity index is 1920. The van der Waals surface area contributed by atoms with Gasteiger partial charge in [-0.2, -0.15) is 5.26 Å². The van der Waals surface area contributed by atoms with Crippen molar-refractivity contribution in [3.63, 3.8) is 0 Å². The third-order valence-electron chi connectivity index (χ3n) is 10.1. The second-order valence-electron chi connectivity index (χ2n) is 13.1. The van der Waals surface area contributed by atoms with E-state index in [1.807, 2.05) is 25.1 Å². The molecule has 4 heterocycles. The van der Waals surface area contributed by atoms with Crippen LogP contribution in [0, 0.1) is 16.7 Å². The number of piperazine rings is 1. The van der Waals surface area contributed by atoms with Gasteiger partial charge in [-0.3, -0.25) is 9.88 Å². The van der Waals surface area contributed by atoms with E-state index in [4.69, 9.17) is 37.7 Å². The highest BCUT2D eigenvalue weighted by atomic mass is 35.5. The number of benzene rings is 2. The topological polar surface area (TPSA) is 117 Å². The van der Waals surface area contributed by atoms with Gasteiger partial charge in [-0.05, 0) is 62.1 Å². The summed E-state index contributed by atoms with van der Waals surface area (Å²) in [5, 5.41) is 20.1. The van der Waals surface area contributed by atoms with Crippen LogP contribution < -0.4 is 14.4 Å². The second-order valence-corrected chi connectivity index (χ2v) is 13.9. The average Bonchev–Trinajstić information content (AvgIpc) is 3.54. The molecule has 0 spiro atoms. The molecule has 2 aliphatic heterocycles. The van der Waals surface area contributed by atoms with E-state index >= 15 is 0 Å². The van der Waals surface area contributed by atoms with Gasteiger partial charge in [-0.15, -0.1) is 0 Å². The molecule has 3 atom stereocenters. The van der Waals surface area contributed by atoms with Crippen molar-refractivity contribution in [1.29, 1.82) is 5.26 Å². The van der Waals surface area contributed by atoms with E-state index in [0.717, 1.165) is 56.0 Å². The molecule has 236 valence electrons. The van der Waals surface area contributed by atoms with Crippen LogP contribution in [0.2, 0.25) is 10.0 Å². The number of aromatic carboxylic acids is 1. The minimum absolute atomic E-state index is 0.105. The highest BCUT2D eigenvalue weighted by Gasteiger charge is 2.48. The van der Waals surface area contributed by atoms with Crippen LogP contribution in [-0.2, 0) is 18.9 Å². The van der Waals surface area contributed by atoms with Crippen LogP contribution in [-0.4, -0.2) is 55.7 Å². The van der Waals surface area contributed by atoms with Gasteiger partial charge in [0.15, 0.2) is 11.5 Å². The number of nitrogens with zero attached hydrogens (tertiary/aromatic N) is 6. The van der Waals surface area contributed by atoms with E-state index < -0.39 is 11.8 Å². The monoisotopic (exact) mass is 658 g/mol. The van der Waals surface area contributed by atoms with Gasteiger partial charge in [0.1, 0.15) is 17.0 Å². The van der Waals surface area contributed by atoms with E-state index in [1.54, 1.807) is 18.3 Å². The molecule has 10 nitrogen and oxygen atoms in total. The van der Waals surface area contributed by atoms with Crippen LogP contribution in [0.5, 0.6) is 11.5 Å². The summed E-state index contributed by atoms with van der Waals surface area (Å²) in [4.78, 5) is 26.3. The fourth-order valence-corrected chi connectivity index (χ4v) is 7.68. The number of hydrogen-bond donors (Lipinski definition) is 1. The van der Waals surface area contributed by atoms with E-state index in [2.05, 4.69) is 31.5 Å². The van der Waals surface area contributed by atoms with Crippen molar-refractivity contribution in [3.8, 4) is 17.6 Å². The lowest BCUT2D eigenvalue weighted by molar-refractivity contribution is -0.0717. The van der Waals surface area contributed by atoms with Crippen LogP contribution in [0.15, 0.2) is 48.7 Å². The van der Waals surface area contributed by atoms with Gasteiger partial charge >= 0.3 is 5.97 Å². The Hall–Kier alpha value is -4.04. The number of ether oxygens (including phenoxy) is 2. The molecule has 4 aliphatic rings. The number of para-hydroxylation sites is 1. The van der Waals surface area contributed by atoms with Crippen molar-refractivity contribution < 1.29 is 19.4 Å².